The Balaban J connectivity index is 2.18. The number of halogens is 3. The summed E-state index contributed by atoms with van der Waals surface area (Å²) in [5.41, 5.74) is 1.93. The van der Waals surface area contributed by atoms with Gasteiger partial charge in [0.05, 0.1) is 14.5 Å². The molecule has 8 heteroatoms. The Morgan fingerprint density at radius 1 is 1.09 bits per heavy atom. The van der Waals surface area contributed by atoms with Crippen molar-refractivity contribution in [1.82, 2.24) is 10.2 Å². The summed E-state index contributed by atoms with van der Waals surface area (Å²) in [5, 5.41) is 3.67. The van der Waals surface area contributed by atoms with E-state index in [0.29, 0.717) is 28.3 Å². The molecule has 32 heavy (non-hydrogen) atoms. The highest BCUT2D eigenvalue weighted by Crippen LogP contribution is 2.29. The van der Waals surface area contributed by atoms with Crippen molar-refractivity contribution in [2.45, 2.75) is 52.6 Å². The van der Waals surface area contributed by atoms with Gasteiger partial charge in [0.25, 0.3) is 5.91 Å². The number of nitrogens with zero attached hydrogens (tertiary/aromatic N) is 1. The summed E-state index contributed by atoms with van der Waals surface area (Å²) >= 11 is 15.7. The number of ether oxygens (including phenoxy) is 1. The molecule has 0 fully saturated rings. The van der Waals surface area contributed by atoms with Crippen LogP contribution in [-0.4, -0.2) is 35.9 Å². The maximum absolute atomic E-state index is 13.1. The standard InChI is InChI=1S/C24H29BrCl2N2O3/c1-5-10-28-24(31)16(4)29(13-17-6-8-20(26)21(27)11-17)23(30)14-32-22-9-7-18(15(2)3)12-19(22)25/h6-9,11-12,15-16H,5,10,13-14H2,1-4H3,(H,28,31). The summed E-state index contributed by atoms with van der Waals surface area (Å²) in [5.74, 6) is 0.421. The number of hydrogen-bond donors (Lipinski definition) is 1. The zero-order chi connectivity index (χ0) is 23.8. The van der Waals surface area contributed by atoms with Crippen molar-refractivity contribution < 1.29 is 14.3 Å². The molecule has 0 saturated heterocycles. The fourth-order valence-electron chi connectivity index (χ4n) is 3.03. The van der Waals surface area contributed by atoms with Crippen LogP contribution in [0.4, 0.5) is 0 Å². The average Bonchev–Trinajstić information content (AvgIpc) is 2.76. The van der Waals surface area contributed by atoms with Crippen LogP contribution in [0.15, 0.2) is 40.9 Å². The van der Waals surface area contributed by atoms with E-state index in [1.165, 1.54) is 4.90 Å². The molecule has 2 amide bonds. The van der Waals surface area contributed by atoms with Gasteiger partial charge in [0, 0.05) is 13.1 Å². The van der Waals surface area contributed by atoms with Crippen LogP contribution < -0.4 is 10.1 Å². The minimum absolute atomic E-state index is 0.202. The second-order valence-corrected chi connectivity index (χ2v) is 9.54. The van der Waals surface area contributed by atoms with Gasteiger partial charge in [-0.3, -0.25) is 9.59 Å². The minimum Gasteiger partial charge on any atom is -0.483 e. The molecule has 2 aromatic carbocycles. The molecule has 0 aliphatic heterocycles. The van der Waals surface area contributed by atoms with E-state index in [4.69, 9.17) is 27.9 Å². The van der Waals surface area contributed by atoms with Crippen molar-refractivity contribution in [2.75, 3.05) is 13.2 Å². The molecule has 0 aliphatic rings. The van der Waals surface area contributed by atoms with Crippen molar-refractivity contribution >= 4 is 50.9 Å². The number of carbonyl (C=O) groups excluding carboxylic acids is 2. The first-order valence-corrected chi connectivity index (χ1v) is 12.1. The van der Waals surface area contributed by atoms with Crippen LogP contribution in [0.25, 0.3) is 0 Å². The Hall–Kier alpha value is -1.76. The van der Waals surface area contributed by atoms with Crippen LogP contribution in [0.2, 0.25) is 10.0 Å². The minimum atomic E-state index is -0.682. The van der Waals surface area contributed by atoms with E-state index < -0.39 is 6.04 Å². The third-order valence-corrected chi connectivity index (χ3v) is 6.39. The number of amides is 2. The van der Waals surface area contributed by atoms with Gasteiger partial charge in [0.1, 0.15) is 11.8 Å². The predicted molar refractivity (Wildman–Crippen MR) is 134 cm³/mol. The lowest BCUT2D eigenvalue weighted by Crippen LogP contribution is -2.49. The van der Waals surface area contributed by atoms with Crippen LogP contribution in [-0.2, 0) is 16.1 Å². The van der Waals surface area contributed by atoms with E-state index in [9.17, 15) is 9.59 Å². The van der Waals surface area contributed by atoms with E-state index in [-0.39, 0.29) is 25.0 Å². The molecular weight excluding hydrogens is 515 g/mol. The van der Waals surface area contributed by atoms with Crippen molar-refractivity contribution in [3.05, 3.63) is 62.0 Å². The number of benzene rings is 2. The third-order valence-electron chi connectivity index (χ3n) is 5.03. The van der Waals surface area contributed by atoms with Gasteiger partial charge in [0.2, 0.25) is 5.91 Å². The van der Waals surface area contributed by atoms with E-state index >= 15 is 0 Å². The lowest BCUT2D eigenvalue weighted by Gasteiger charge is -2.29. The Kier molecular flexibility index (Phi) is 10.3. The summed E-state index contributed by atoms with van der Waals surface area (Å²) < 4.78 is 6.57. The molecule has 0 aromatic heterocycles. The van der Waals surface area contributed by atoms with Crippen molar-refractivity contribution in [3.8, 4) is 5.75 Å². The van der Waals surface area contributed by atoms with Crippen LogP contribution in [0.3, 0.4) is 0 Å². The Morgan fingerprint density at radius 3 is 2.41 bits per heavy atom. The molecule has 1 N–H and O–H groups in total. The molecule has 0 saturated carbocycles. The average molecular weight is 544 g/mol. The molecule has 5 nitrogen and oxygen atoms in total. The van der Waals surface area contributed by atoms with Gasteiger partial charge >= 0.3 is 0 Å². The molecule has 0 aliphatic carbocycles. The van der Waals surface area contributed by atoms with Crippen LogP contribution in [0.5, 0.6) is 5.75 Å². The highest BCUT2D eigenvalue weighted by molar-refractivity contribution is 9.10. The number of hydrogen-bond acceptors (Lipinski definition) is 3. The monoisotopic (exact) mass is 542 g/mol. The molecule has 1 unspecified atom stereocenters. The normalized spacial score (nSPS) is 11.9. The number of carbonyl (C=O) groups is 2. The lowest BCUT2D eigenvalue weighted by molar-refractivity contribution is -0.142. The molecule has 0 bridgehead atoms. The van der Waals surface area contributed by atoms with Gasteiger partial charge in [0.15, 0.2) is 6.61 Å². The summed E-state index contributed by atoms with van der Waals surface area (Å²) in [7, 11) is 0. The topological polar surface area (TPSA) is 58.6 Å². The summed E-state index contributed by atoms with van der Waals surface area (Å²) in [6.07, 6.45) is 0.808. The van der Waals surface area contributed by atoms with Crippen molar-refractivity contribution in [1.29, 1.82) is 0 Å². The lowest BCUT2D eigenvalue weighted by atomic mass is 10.0. The first-order chi connectivity index (χ1) is 15.1. The number of rotatable bonds is 10. The molecule has 0 heterocycles. The van der Waals surface area contributed by atoms with Crippen LogP contribution >= 0.6 is 39.1 Å². The number of nitrogens with one attached hydrogen (secondary N) is 1. The smallest absolute Gasteiger partial charge is 0.261 e. The first-order valence-electron chi connectivity index (χ1n) is 10.6. The molecule has 2 aromatic rings. The molecule has 0 radical (unpaired) electrons. The third kappa shape index (κ3) is 7.39. The van der Waals surface area contributed by atoms with Crippen LogP contribution in [0.1, 0.15) is 51.2 Å². The Labute approximate surface area is 208 Å². The summed E-state index contributed by atoms with van der Waals surface area (Å²) in [4.78, 5) is 27.2. The Morgan fingerprint density at radius 2 is 1.81 bits per heavy atom. The molecule has 0 spiro atoms. The summed E-state index contributed by atoms with van der Waals surface area (Å²) in [6.45, 7) is 8.44. The van der Waals surface area contributed by atoms with Crippen molar-refractivity contribution in [3.63, 3.8) is 0 Å². The fraction of sp³-hybridized carbons (Fsp3) is 0.417. The molecule has 174 valence electrons. The Bertz CT molecular complexity index is 953. The second-order valence-electron chi connectivity index (χ2n) is 7.87. The van der Waals surface area contributed by atoms with Crippen LogP contribution in [0, 0.1) is 0 Å². The quantitative estimate of drug-likeness (QED) is 0.388. The summed E-state index contributed by atoms with van der Waals surface area (Å²) in [6, 6.07) is 10.3. The highest BCUT2D eigenvalue weighted by atomic mass is 79.9. The second kappa shape index (κ2) is 12.5. The van der Waals surface area contributed by atoms with Gasteiger partial charge in [-0.25, -0.2) is 0 Å². The van der Waals surface area contributed by atoms with E-state index in [2.05, 4.69) is 35.1 Å². The van der Waals surface area contributed by atoms with E-state index in [0.717, 1.165) is 22.0 Å². The first kappa shape index (κ1) is 26.5. The fourth-order valence-corrected chi connectivity index (χ4v) is 3.86. The SMILES string of the molecule is CCCNC(=O)C(C)N(Cc1ccc(Cl)c(Cl)c1)C(=O)COc1ccc(C(C)C)cc1Br. The largest absolute Gasteiger partial charge is 0.483 e. The zero-order valence-electron chi connectivity index (χ0n) is 18.8. The molecule has 1 atom stereocenters. The van der Waals surface area contributed by atoms with Gasteiger partial charge in [-0.05, 0) is 70.6 Å². The maximum atomic E-state index is 13.1. The van der Waals surface area contributed by atoms with E-state index in [1.807, 2.05) is 25.1 Å². The molecule has 2 rings (SSSR count). The predicted octanol–water partition coefficient (Wildman–Crippen LogP) is 6.20. The van der Waals surface area contributed by atoms with Gasteiger partial charge in [-0.2, -0.15) is 0 Å². The van der Waals surface area contributed by atoms with Gasteiger partial charge in [-0.1, -0.05) is 56.1 Å². The zero-order valence-corrected chi connectivity index (χ0v) is 21.9. The van der Waals surface area contributed by atoms with Crippen molar-refractivity contribution in [2.24, 2.45) is 0 Å². The van der Waals surface area contributed by atoms with E-state index in [1.54, 1.807) is 25.1 Å². The maximum Gasteiger partial charge on any atom is 0.261 e. The highest BCUT2D eigenvalue weighted by Gasteiger charge is 2.26. The van der Waals surface area contributed by atoms with Gasteiger partial charge in [-0.15, -0.1) is 0 Å². The van der Waals surface area contributed by atoms with Gasteiger partial charge < -0.3 is 15.0 Å². The molecular formula is C24H29BrCl2N2O3.